The van der Waals surface area contributed by atoms with E-state index in [1.54, 1.807) is 12.5 Å². The molecule has 0 unspecified atom stereocenters. The standard InChI is InChI=1S/C17H16.C13H12O2/c1-12(2)17-15-9-5-3-7-13(15)11-14-8-4-6-10-16(14)17;1-8(2)12-10-4-6-14-11(10)7-9-3-5-15-13(9)12/h3-12H,1-2H3;3-8H,1-2H3. The first-order chi connectivity index (χ1) is 15.5. The molecule has 0 aliphatic rings. The Bertz CT molecular complexity index is 1430. The van der Waals surface area contributed by atoms with Crippen LogP contribution in [0.2, 0.25) is 0 Å². The number of benzene rings is 4. The van der Waals surface area contributed by atoms with Crippen molar-refractivity contribution in [1.82, 2.24) is 0 Å². The molecular formula is C30H28O2. The summed E-state index contributed by atoms with van der Waals surface area (Å²) in [6, 6.07) is 25.6. The zero-order valence-electron chi connectivity index (χ0n) is 19.1. The highest BCUT2D eigenvalue weighted by molar-refractivity contribution is 6.02. The molecule has 2 aromatic heterocycles. The first kappa shape index (κ1) is 20.4. The van der Waals surface area contributed by atoms with E-state index in [9.17, 15) is 0 Å². The third kappa shape index (κ3) is 3.46. The van der Waals surface area contributed by atoms with Crippen LogP contribution in [0.5, 0.6) is 0 Å². The van der Waals surface area contributed by atoms with Gasteiger partial charge < -0.3 is 8.83 Å². The second-order valence-electron chi connectivity index (χ2n) is 9.00. The third-order valence-corrected chi connectivity index (χ3v) is 6.18. The van der Waals surface area contributed by atoms with E-state index in [1.807, 2.05) is 18.2 Å². The fourth-order valence-electron chi connectivity index (χ4n) is 4.81. The molecule has 0 saturated heterocycles. The summed E-state index contributed by atoms with van der Waals surface area (Å²) in [6.45, 7) is 8.88. The summed E-state index contributed by atoms with van der Waals surface area (Å²) in [5, 5.41) is 7.74. The monoisotopic (exact) mass is 420 g/mol. The average Bonchev–Trinajstić information content (AvgIpc) is 3.44. The molecule has 32 heavy (non-hydrogen) atoms. The van der Waals surface area contributed by atoms with Gasteiger partial charge >= 0.3 is 0 Å². The highest BCUT2D eigenvalue weighted by Gasteiger charge is 2.14. The van der Waals surface area contributed by atoms with Gasteiger partial charge in [-0.15, -0.1) is 0 Å². The number of hydrogen-bond acceptors (Lipinski definition) is 2. The molecule has 2 heterocycles. The summed E-state index contributed by atoms with van der Waals surface area (Å²) >= 11 is 0. The fraction of sp³-hybridized carbons (Fsp3) is 0.200. The maximum atomic E-state index is 5.55. The van der Waals surface area contributed by atoms with E-state index >= 15 is 0 Å². The van der Waals surface area contributed by atoms with Crippen molar-refractivity contribution >= 4 is 43.5 Å². The number of fused-ring (bicyclic) bond motifs is 4. The molecular weight excluding hydrogens is 392 g/mol. The first-order valence-electron chi connectivity index (χ1n) is 11.3. The van der Waals surface area contributed by atoms with E-state index in [0.29, 0.717) is 11.8 Å². The quantitative estimate of drug-likeness (QED) is 0.261. The molecule has 0 radical (unpaired) electrons. The molecule has 0 spiro atoms. The topological polar surface area (TPSA) is 26.3 Å². The highest BCUT2D eigenvalue weighted by atomic mass is 16.3. The number of hydrogen-bond donors (Lipinski definition) is 0. The van der Waals surface area contributed by atoms with Crippen LogP contribution in [-0.4, -0.2) is 0 Å². The molecule has 2 nitrogen and oxygen atoms in total. The molecule has 0 atom stereocenters. The summed E-state index contributed by atoms with van der Waals surface area (Å²) in [7, 11) is 0. The predicted molar refractivity (Wildman–Crippen MR) is 136 cm³/mol. The lowest BCUT2D eigenvalue weighted by Crippen LogP contribution is -1.92. The maximum Gasteiger partial charge on any atom is 0.138 e. The van der Waals surface area contributed by atoms with Crippen LogP contribution in [0.3, 0.4) is 0 Å². The van der Waals surface area contributed by atoms with Crippen LogP contribution in [0.4, 0.5) is 0 Å². The van der Waals surface area contributed by atoms with E-state index in [1.165, 1.54) is 32.7 Å². The molecule has 0 N–H and O–H groups in total. The van der Waals surface area contributed by atoms with Crippen molar-refractivity contribution in [2.24, 2.45) is 0 Å². The first-order valence-corrected chi connectivity index (χ1v) is 11.3. The van der Waals surface area contributed by atoms with Gasteiger partial charge in [0.25, 0.3) is 0 Å². The van der Waals surface area contributed by atoms with Gasteiger partial charge in [-0.05, 0) is 63.2 Å². The average molecular weight is 421 g/mol. The molecule has 0 aliphatic carbocycles. The van der Waals surface area contributed by atoms with E-state index in [-0.39, 0.29) is 0 Å². The van der Waals surface area contributed by atoms with Crippen LogP contribution in [0.15, 0.2) is 94.2 Å². The minimum absolute atomic E-state index is 0.431. The SMILES string of the molecule is CC(C)c1c2ccccc2cc2ccccc12.CC(C)c1c2ccoc2cc2ccoc12. The van der Waals surface area contributed by atoms with Gasteiger partial charge in [-0.25, -0.2) is 0 Å². The minimum Gasteiger partial charge on any atom is -0.464 e. The summed E-state index contributed by atoms with van der Waals surface area (Å²) in [6.07, 6.45) is 3.46. The fourth-order valence-corrected chi connectivity index (χ4v) is 4.81. The van der Waals surface area contributed by atoms with Gasteiger partial charge in [0.15, 0.2) is 0 Å². The summed E-state index contributed by atoms with van der Waals surface area (Å²) in [5.41, 5.74) is 4.63. The Morgan fingerprint density at radius 1 is 0.531 bits per heavy atom. The second-order valence-corrected chi connectivity index (χ2v) is 9.00. The van der Waals surface area contributed by atoms with Gasteiger partial charge in [0.1, 0.15) is 11.2 Å². The molecule has 0 bridgehead atoms. The smallest absolute Gasteiger partial charge is 0.138 e. The zero-order chi connectivity index (χ0) is 22.2. The third-order valence-electron chi connectivity index (χ3n) is 6.18. The van der Waals surface area contributed by atoms with Gasteiger partial charge in [-0.3, -0.25) is 0 Å². The highest BCUT2D eigenvalue weighted by Crippen LogP contribution is 2.35. The molecule has 0 saturated carbocycles. The predicted octanol–water partition coefficient (Wildman–Crippen LogP) is 9.42. The van der Waals surface area contributed by atoms with Crippen molar-refractivity contribution in [3.05, 3.63) is 96.4 Å². The van der Waals surface area contributed by atoms with Crippen molar-refractivity contribution in [1.29, 1.82) is 0 Å². The van der Waals surface area contributed by atoms with Crippen LogP contribution < -0.4 is 0 Å². The molecule has 0 amide bonds. The Labute approximate surface area is 188 Å². The van der Waals surface area contributed by atoms with Crippen molar-refractivity contribution in [3.8, 4) is 0 Å². The van der Waals surface area contributed by atoms with E-state index < -0.39 is 0 Å². The Kier molecular flexibility index (Phi) is 5.22. The van der Waals surface area contributed by atoms with Gasteiger partial charge in [-0.1, -0.05) is 76.2 Å². The Morgan fingerprint density at radius 3 is 1.75 bits per heavy atom. The summed E-state index contributed by atoms with van der Waals surface area (Å²) < 4.78 is 11.0. The molecule has 6 rings (SSSR count). The van der Waals surface area contributed by atoms with Gasteiger partial charge in [-0.2, -0.15) is 0 Å². The second kappa shape index (κ2) is 8.20. The molecule has 6 aromatic rings. The van der Waals surface area contributed by atoms with Crippen molar-refractivity contribution in [2.75, 3.05) is 0 Å². The van der Waals surface area contributed by atoms with Crippen LogP contribution in [0.1, 0.15) is 50.7 Å². The Hall–Kier alpha value is -3.52. The molecule has 4 aromatic carbocycles. The zero-order valence-corrected chi connectivity index (χ0v) is 19.1. The molecule has 0 fully saturated rings. The van der Waals surface area contributed by atoms with Crippen molar-refractivity contribution < 1.29 is 8.83 Å². The Balaban J connectivity index is 0.000000136. The van der Waals surface area contributed by atoms with E-state index in [2.05, 4.69) is 82.3 Å². The van der Waals surface area contributed by atoms with Crippen molar-refractivity contribution in [2.45, 2.75) is 39.5 Å². The van der Waals surface area contributed by atoms with Crippen molar-refractivity contribution in [3.63, 3.8) is 0 Å². The van der Waals surface area contributed by atoms with E-state index in [0.717, 1.165) is 21.9 Å². The molecule has 160 valence electrons. The normalized spacial score (nSPS) is 11.7. The van der Waals surface area contributed by atoms with Gasteiger partial charge in [0.05, 0.1) is 12.5 Å². The maximum absolute atomic E-state index is 5.55. The van der Waals surface area contributed by atoms with Crippen LogP contribution in [0.25, 0.3) is 43.5 Å². The van der Waals surface area contributed by atoms with Gasteiger partial charge in [0.2, 0.25) is 0 Å². The summed E-state index contributed by atoms with van der Waals surface area (Å²) in [4.78, 5) is 0. The van der Waals surface area contributed by atoms with Crippen LogP contribution >= 0.6 is 0 Å². The lowest BCUT2D eigenvalue weighted by molar-refractivity contribution is 0.605. The van der Waals surface area contributed by atoms with Crippen LogP contribution in [-0.2, 0) is 0 Å². The number of rotatable bonds is 2. The summed E-state index contributed by atoms with van der Waals surface area (Å²) in [5.74, 6) is 0.978. The minimum atomic E-state index is 0.431. The van der Waals surface area contributed by atoms with Gasteiger partial charge in [0, 0.05) is 16.3 Å². The number of furan rings is 2. The Morgan fingerprint density at radius 2 is 1.12 bits per heavy atom. The van der Waals surface area contributed by atoms with Crippen LogP contribution in [0, 0.1) is 0 Å². The largest absolute Gasteiger partial charge is 0.464 e. The lowest BCUT2D eigenvalue weighted by Gasteiger charge is -2.14. The molecule has 2 heteroatoms. The van der Waals surface area contributed by atoms with E-state index in [4.69, 9.17) is 8.83 Å². The molecule has 0 aliphatic heterocycles. The lowest BCUT2D eigenvalue weighted by atomic mass is 9.90.